The maximum atomic E-state index is 13.1. The number of benzene rings is 8. The smallest absolute Gasteiger partial charge is 0.221 e. The topological polar surface area (TPSA) is 400 Å². The minimum absolute atomic E-state index is 0.0723. The molecule has 0 saturated heterocycles. The molecule has 4 fully saturated rings. The summed E-state index contributed by atoms with van der Waals surface area (Å²) in [4.78, 5) is 88.0. The lowest BCUT2D eigenvalue weighted by Crippen LogP contribution is -2.23. The summed E-state index contributed by atoms with van der Waals surface area (Å²) in [5, 5.41) is 1.40. The van der Waals surface area contributed by atoms with Gasteiger partial charge in [-0.05, 0) is 301 Å². The molecule has 8 atom stereocenters. The van der Waals surface area contributed by atoms with E-state index in [0.717, 1.165) is 91.8 Å². The second-order valence-electron chi connectivity index (χ2n) is 35.1. The Morgan fingerprint density at radius 1 is 0.359 bits per heavy atom. The predicted molar refractivity (Wildman–Crippen MR) is 500 cm³/mol. The number of amides is 8. The summed E-state index contributed by atoms with van der Waals surface area (Å²) in [6.07, 6.45) is 13.1. The Balaban J connectivity index is 0.000000201. The van der Waals surface area contributed by atoms with Crippen molar-refractivity contribution in [3.05, 3.63) is 247 Å². The lowest BCUT2D eigenvalue weighted by atomic mass is 9.85. The van der Waals surface area contributed by atoms with E-state index in [1.54, 1.807) is 52.5 Å². The number of ether oxygens (including phenoxy) is 6. The van der Waals surface area contributed by atoms with Crippen LogP contribution in [0.15, 0.2) is 164 Å². The van der Waals surface area contributed by atoms with Gasteiger partial charge < -0.3 is 74.3 Å². The number of rotatable bonds is 33. The summed E-state index contributed by atoms with van der Waals surface area (Å²) in [6, 6.07) is 50.4. The molecule has 6 aliphatic rings. The minimum Gasteiger partial charge on any atom is -0.497 e. The van der Waals surface area contributed by atoms with Crippen LogP contribution in [0.25, 0.3) is 0 Å². The van der Waals surface area contributed by atoms with Crippen LogP contribution in [0, 0.1) is 73.8 Å². The Morgan fingerprint density at radius 2 is 0.695 bits per heavy atom. The molecule has 26 heteroatoms. The Morgan fingerprint density at radius 3 is 1.08 bits per heavy atom. The lowest BCUT2D eigenvalue weighted by Gasteiger charge is -2.21. The number of fused-ring (bicyclic) bond motifs is 2. The number of hydrogen-bond acceptors (Lipinski definition) is 14. The molecule has 14 rings (SSSR count). The first-order valence-corrected chi connectivity index (χ1v) is 44.8. The molecule has 0 radical (unpaired) electrons. The monoisotopic (exact) mass is 1800 g/mol. The van der Waals surface area contributed by atoms with Gasteiger partial charge in [-0.2, -0.15) is 0 Å². The number of halogens is 4. The summed E-state index contributed by atoms with van der Waals surface area (Å²) in [5.41, 5.74) is 53.7. The molecule has 8 aromatic rings. The molecule has 0 spiro atoms. The summed E-state index contributed by atoms with van der Waals surface area (Å²) in [6.45, 7) is 19.4. The van der Waals surface area contributed by atoms with Gasteiger partial charge in [-0.1, -0.05) is 144 Å². The first-order valence-electron chi connectivity index (χ1n) is 44.1. The average molecular weight is 1800 g/mol. The third-order valence-electron chi connectivity index (χ3n) is 23.8. The maximum absolute atomic E-state index is 13.1. The number of carbonyl (C=O) groups excluding carboxylic acids is 8. The molecule has 16 N–H and O–H groups in total. The van der Waals surface area contributed by atoms with Gasteiger partial charge in [0.1, 0.15) is 54.0 Å². The van der Waals surface area contributed by atoms with E-state index in [4.69, 9.17) is 97.5 Å². The largest absolute Gasteiger partial charge is 0.497 e. The first-order chi connectivity index (χ1) is 60.7. The molecular formula is C102H132Cl2F2N8O14. The molecule has 8 aromatic carbocycles. The van der Waals surface area contributed by atoms with Crippen molar-refractivity contribution in [2.24, 2.45) is 87.3 Å². The van der Waals surface area contributed by atoms with Crippen LogP contribution in [-0.2, 0) is 44.8 Å². The molecule has 4 saturated carbocycles. The highest BCUT2D eigenvalue weighted by Crippen LogP contribution is 2.49. The zero-order chi connectivity index (χ0) is 94.2. The summed E-state index contributed by atoms with van der Waals surface area (Å²) >= 11 is 11.6. The van der Waals surface area contributed by atoms with Gasteiger partial charge in [0.05, 0.1) is 27.8 Å². The van der Waals surface area contributed by atoms with E-state index in [-0.39, 0.29) is 107 Å². The van der Waals surface area contributed by atoms with Crippen LogP contribution in [0.2, 0.25) is 10.0 Å². The van der Waals surface area contributed by atoms with Gasteiger partial charge in [0.2, 0.25) is 47.3 Å². The predicted octanol–water partition coefficient (Wildman–Crippen LogP) is 18.3. The zero-order valence-corrected chi connectivity index (χ0v) is 77.5. The fraction of sp³-hybridized carbons (Fsp3) is 0.451. The molecule has 2 heterocycles. The molecule has 0 aromatic heterocycles. The first kappa shape index (κ1) is 104. The number of methoxy groups -OCH3 is 3. The van der Waals surface area contributed by atoms with E-state index < -0.39 is 0 Å². The Bertz CT molecular complexity index is 4820. The molecule has 4 aliphatic carbocycles. The van der Waals surface area contributed by atoms with Crippen LogP contribution in [0.5, 0.6) is 34.5 Å². The van der Waals surface area contributed by atoms with E-state index in [0.29, 0.717) is 128 Å². The normalized spacial score (nSPS) is 15.9. The second kappa shape index (κ2) is 51.1. The van der Waals surface area contributed by atoms with Gasteiger partial charge in [-0.3, -0.25) is 38.4 Å². The van der Waals surface area contributed by atoms with Crippen molar-refractivity contribution in [3.63, 3.8) is 0 Å². The van der Waals surface area contributed by atoms with Crippen molar-refractivity contribution in [1.82, 2.24) is 0 Å². The lowest BCUT2D eigenvalue weighted by molar-refractivity contribution is -0.120. The van der Waals surface area contributed by atoms with Crippen molar-refractivity contribution in [3.8, 4) is 34.5 Å². The van der Waals surface area contributed by atoms with Crippen molar-refractivity contribution in [2.45, 2.75) is 219 Å². The van der Waals surface area contributed by atoms with E-state index in [1.165, 1.54) is 67.9 Å². The Kier molecular flexibility index (Phi) is 41.4. The van der Waals surface area contributed by atoms with Crippen LogP contribution in [0.4, 0.5) is 8.78 Å². The third kappa shape index (κ3) is 35.4. The van der Waals surface area contributed by atoms with Crippen LogP contribution < -0.4 is 74.3 Å². The maximum Gasteiger partial charge on any atom is 0.221 e. The minimum atomic E-state index is -0.339. The fourth-order valence-corrected chi connectivity index (χ4v) is 16.6. The average Bonchev–Trinajstić information content (AvgIpc) is 1.64. The SMILES string of the molecule is CC(C)C(CC(N)=O)c1ccc(Cl)cc1.CC(C)C(CC(N)=O)c1ccc(F)cc1.COc1ccc(C(CC(N)=O)C(C)C)cc1C.COc1ccc(C(CC(N)=O)C2CC2)cc1.COc1ccc(C(CC(N)=O)C2CC2)cc1C.Cc1cc(C(CC(N)=O)C2CC2)ccc1F.NC(=O)CC(c1ccc2c(c1)OCCO2)C1CC1.NC(=O)CC1Cc2cc(Cl)ccc2O1. The van der Waals surface area contributed by atoms with E-state index in [2.05, 4.69) is 45.9 Å². The highest BCUT2D eigenvalue weighted by Gasteiger charge is 2.37. The Hall–Kier alpha value is -11.2. The van der Waals surface area contributed by atoms with Crippen molar-refractivity contribution >= 4 is 70.5 Å². The third-order valence-corrected chi connectivity index (χ3v) is 24.2. The zero-order valence-electron chi connectivity index (χ0n) is 76.0. The van der Waals surface area contributed by atoms with Crippen LogP contribution in [-0.4, -0.2) is 87.9 Å². The van der Waals surface area contributed by atoms with E-state index in [9.17, 15) is 47.1 Å². The number of primary amides is 8. The van der Waals surface area contributed by atoms with Crippen molar-refractivity contribution in [2.75, 3.05) is 34.5 Å². The summed E-state index contributed by atoms with van der Waals surface area (Å²) < 4.78 is 58.1. The molecule has 22 nitrogen and oxygen atoms in total. The van der Waals surface area contributed by atoms with E-state index >= 15 is 0 Å². The second-order valence-corrected chi connectivity index (χ2v) is 36.0. The molecule has 2 aliphatic heterocycles. The summed E-state index contributed by atoms with van der Waals surface area (Å²) in [5.74, 6) is 7.35. The van der Waals surface area contributed by atoms with Gasteiger partial charge >= 0.3 is 0 Å². The van der Waals surface area contributed by atoms with Gasteiger partial charge in [0, 0.05) is 61.4 Å². The molecular weight excluding hydrogens is 1670 g/mol. The Labute approximate surface area is 763 Å². The van der Waals surface area contributed by atoms with E-state index in [1.807, 2.05) is 131 Å². The van der Waals surface area contributed by atoms with Crippen molar-refractivity contribution < 1.29 is 75.6 Å². The number of nitrogens with two attached hydrogens (primary N) is 8. The van der Waals surface area contributed by atoms with Gasteiger partial charge in [-0.15, -0.1) is 0 Å². The number of hydrogen-bond donors (Lipinski definition) is 8. The van der Waals surface area contributed by atoms with Crippen LogP contribution in [0.1, 0.15) is 247 Å². The van der Waals surface area contributed by atoms with Crippen LogP contribution >= 0.6 is 23.2 Å². The molecule has 8 amide bonds. The molecule has 0 bridgehead atoms. The molecule has 692 valence electrons. The highest BCUT2D eigenvalue weighted by atomic mass is 35.5. The fourth-order valence-electron chi connectivity index (χ4n) is 16.3. The van der Waals surface area contributed by atoms with Gasteiger partial charge in [-0.25, -0.2) is 8.78 Å². The van der Waals surface area contributed by atoms with Gasteiger partial charge in [0.15, 0.2) is 11.5 Å². The number of aryl methyl sites for hydroxylation is 3. The quantitative estimate of drug-likeness (QED) is 0.0190. The molecule has 8 unspecified atom stereocenters. The number of carbonyl (C=O) groups is 8. The van der Waals surface area contributed by atoms with Crippen LogP contribution in [0.3, 0.4) is 0 Å². The van der Waals surface area contributed by atoms with Crippen molar-refractivity contribution in [1.29, 1.82) is 0 Å². The summed E-state index contributed by atoms with van der Waals surface area (Å²) in [7, 11) is 4.98. The highest BCUT2D eigenvalue weighted by molar-refractivity contribution is 6.31. The standard InChI is InChI=1S/C14H17NO3.C14H19NO2.C14H21NO2.C13H16FNO.C13H17NO2.C12H16ClNO.C12H16FNO.C10H10ClNO2/c15-14(16)8-11(9-1-2-9)10-3-4-12-13(7-10)18-6-5-17-12;1-9-7-11(5-6-13(9)17-2)12(8-14(15)16)10-3-4-10;1-9(2)12(8-14(15)16)11-5-6-13(17-4)10(3)7-11;1-8-6-10(4-5-12(8)14)11(7-13(15)16)9-2-3-9;1-16-11-6-4-10(5-7-11)12(8-13(14)15)9-2-3-9;2*1-8(2)11(7-12(14)15)9-3-5-10(13)6-4-9;11-7-1-2-9-6(3-7)4-8(14-9)5-10(12)13/h3-4,7,9,11H,1-2,5-6,8H2,(H2,15,16);5-7,10,12H,3-4,8H2,1-2H3,(H2,15,16);5-7,9,12H,8H2,1-4H3,(H2,15,16);4-6,9,11H,2-3,7H2,1H3,(H2,15,16);4-7,9,12H,2-3,8H2,1H3,(H2,14,15);2*3-6,8,11H,7H2,1-2H3,(H2,14,15);1-3,8H,4-5H2,(H2,12,13). The molecule has 128 heavy (non-hydrogen) atoms. The van der Waals surface area contributed by atoms with Gasteiger partial charge in [0.25, 0.3) is 0 Å².